The second kappa shape index (κ2) is 13.7. The third-order valence-electron chi connectivity index (χ3n) is 12.9. The molecule has 280 valence electrons. The van der Waals surface area contributed by atoms with Gasteiger partial charge in [0.1, 0.15) is 0 Å². The van der Waals surface area contributed by atoms with E-state index in [1.54, 1.807) is 0 Å². The molecule has 0 radical (unpaired) electrons. The molecule has 0 fully saturated rings. The lowest BCUT2D eigenvalue weighted by molar-refractivity contribution is 0.563. The van der Waals surface area contributed by atoms with Crippen molar-refractivity contribution in [2.45, 2.75) is 24.7 Å². The van der Waals surface area contributed by atoms with E-state index in [1.165, 1.54) is 77.9 Å². The number of hydrogen-bond acceptors (Lipinski definition) is 1. The minimum absolute atomic E-state index is 0.167. The van der Waals surface area contributed by atoms with E-state index in [1.807, 2.05) is 0 Å². The molecule has 9 aromatic carbocycles. The average molecular weight is 754 g/mol. The minimum atomic E-state index is -0.504. The van der Waals surface area contributed by atoms with Crippen LogP contribution in [0.25, 0.3) is 44.5 Å². The summed E-state index contributed by atoms with van der Waals surface area (Å²) in [5.74, 6) is 0. The van der Waals surface area contributed by atoms with E-state index in [2.05, 4.69) is 243 Å². The third-order valence-corrected chi connectivity index (χ3v) is 12.9. The van der Waals surface area contributed by atoms with Crippen LogP contribution in [-0.2, 0) is 10.8 Å². The highest BCUT2D eigenvalue weighted by molar-refractivity contribution is 6.01. The summed E-state index contributed by atoms with van der Waals surface area (Å²) >= 11 is 0. The number of nitrogens with zero attached hydrogens (tertiary/aromatic N) is 1. The molecule has 0 atom stereocenters. The summed E-state index contributed by atoms with van der Waals surface area (Å²) in [4.78, 5) is 2.54. The number of fused-ring (bicyclic) bond motifs is 9. The third kappa shape index (κ3) is 5.31. The van der Waals surface area contributed by atoms with Gasteiger partial charge in [0, 0.05) is 22.2 Å². The molecule has 0 unspecified atom stereocenters. The van der Waals surface area contributed by atoms with Crippen LogP contribution < -0.4 is 4.90 Å². The Morgan fingerprint density at radius 2 is 0.729 bits per heavy atom. The zero-order valence-corrected chi connectivity index (χ0v) is 33.3. The predicted molar refractivity (Wildman–Crippen MR) is 247 cm³/mol. The van der Waals surface area contributed by atoms with Crippen LogP contribution in [0.5, 0.6) is 0 Å². The van der Waals surface area contributed by atoms with Gasteiger partial charge in [-0.05, 0) is 97.1 Å². The lowest BCUT2D eigenvalue weighted by Gasteiger charge is -2.46. The van der Waals surface area contributed by atoms with Gasteiger partial charge in [-0.1, -0.05) is 208 Å². The zero-order chi connectivity index (χ0) is 39.6. The second-order valence-corrected chi connectivity index (χ2v) is 16.4. The molecule has 0 N–H and O–H groups in total. The molecule has 11 rings (SSSR count). The number of rotatable bonds is 6. The van der Waals surface area contributed by atoms with E-state index in [9.17, 15) is 0 Å². The second-order valence-electron chi connectivity index (χ2n) is 16.4. The Morgan fingerprint density at radius 3 is 1.31 bits per heavy atom. The van der Waals surface area contributed by atoms with Gasteiger partial charge in [-0.25, -0.2) is 0 Å². The van der Waals surface area contributed by atoms with Crippen molar-refractivity contribution in [3.8, 4) is 44.5 Å². The molecule has 0 bridgehead atoms. The Bertz CT molecular complexity index is 2910. The van der Waals surface area contributed by atoms with Crippen molar-refractivity contribution in [2.75, 3.05) is 4.90 Å². The topological polar surface area (TPSA) is 3.24 Å². The summed E-state index contributed by atoms with van der Waals surface area (Å²) in [6.07, 6.45) is 0. The highest BCUT2D eigenvalue weighted by Crippen LogP contribution is 2.64. The Morgan fingerprint density at radius 1 is 0.305 bits per heavy atom. The number of anilines is 3. The summed E-state index contributed by atoms with van der Waals surface area (Å²) in [5, 5.41) is 0. The monoisotopic (exact) mass is 753 g/mol. The molecule has 2 aliphatic carbocycles. The molecule has 2 aliphatic rings. The quantitative estimate of drug-likeness (QED) is 0.163. The first-order chi connectivity index (χ1) is 29.0. The Balaban J connectivity index is 1.26. The molecule has 0 heterocycles. The molecule has 59 heavy (non-hydrogen) atoms. The summed E-state index contributed by atoms with van der Waals surface area (Å²) < 4.78 is 0. The predicted octanol–water partition coefficient (Wildman–Crippen LogP) is 15.2. The van der Waals surface area contributed by atoms with E-state index in [4.69, 9.17) is 0 Å². The van der Waals surface area contributed by atoms with Crippen molar-refractivity contribution in [1.29, 1.82) is 0 Å². The molecule has 0 saturated carbocycles. The van der Waals surface area contributed by atoms with Gasteiger partial charge in [-0.15, -0.1) is 0 Å². The molecule has 1 heteroatoms. The average Bonchev–Trinajstić information content (AvgIpc) is 3.61. The van der Waals surface area contributed by atoms with E-state index >= 15 is 0 Å². The SMILES string of the molecule is CC1(C)c2ccccc2C2(c3ccccc3-c3c(N(c4cc(-c5ccccc5)cc(-c5ccccc5)c4)c4ccccc4-c4ccccc4)cccc32)c2ccccc21. The summed E-state index contributed by atoms with van der Waals surface area (Å²) in [6, 6.07) is 83.1. The number of para-hydroxylation sites is 1. The maximum atomic E-state index is 2.54. The van der Waals surface area contributed by atoms with Crippen LogP contribution in [0.3, 0.4) is 0 Å². The molecular weight excluding hydrogens is 711 g/mol. The molecule has 1 nitrogen and oxygen atoms in total. The van der Waals surface area contributed by atoms with Crippen LogP contribution in [0.15, 0.2) is 224 Å². The highest BCUT2D eigenvalue weighted by atomic mass is 15.1. The molecule has 9 aromatic rings. The van der Waals surface area contributed by atoms with E-state index < -0.39 is 5.41 Å². The fourth-order valence-corrected chi connectivity index (χ4v) is 10.3. The molecule has 1 spiro atoms. The molecular formula is C58H43N. The first-order valence-electron chi connectivity index (χ1n) is 20.7. The van der Waals surface area contributed by atoms with E-state index in [-0.39, 0.29) is 5.41 Å². The smallest absolute Gasteiger partial charge is 0.0720 e. The molecule has 0 aliphatic heterocycles. The molecule has 0 saturated heterocycles. The van der Waals surface area contributed by atoms with E-state index in [0.717, 1.165) is 17.1 Å². The largest absolute Gasteiger partial charge is 0.309 e. The van der Waals surface area contributed by atoms with Gasteiger partial charge in [0.15, 0.2) is 0 Å². The lowest BCUT2D eigenvalue weighted by Crippen LogP contribution is -2.40. The van der Waals surface area contributed by atoms with Crippen LogP contribution in [-0.4, -0.2) is 0 Å². The van der Waals surface area contributed by atoms with Crippen LogP contribution in [0, 0.1) is 0 Å². The van der Waals surface area contributed by atoms with Crippen molar-refractivity contribution < 1.29 is 0 Å². The van der Waals surface area contributed by atoms with Crippen molar-refractivity contribution in [3.05, 3.63) is 258 Å². The Labute approximate surface area is 347 Å². The Hall–Kier alpha value is -7.22. The number of benzene rings is 9. The van der Waals surface area contributed by atoms with Crippen molar-refractivity contribution >= 4 is 17.1 Å². The van der Waals surface area contributed by atoms with Crippen molar-refractivity contribution in [2.24, 2.45) is 0 Å². The molecule has 0 amide bonds. The van der Waals surface area contributed by atoms with Gasteiger partial charge in [0.25, 0.3) is 0 Å². The van der Waals surface area contributed by atoms with Gasteiger partial charge in [-0.2, -0.15) is 0 Å². The van der Waals surface area contributed by atoms with Crippen LogP contribution in [0.4, 0.5) is 17.1 Å². The lowest BCUT2D eigenvalue weighted by atomic mass is 9.55. The maximum absolute atomic E-state index is 2.54. The summed E-state index contributed by atoms with van der Waals surface area (Å²) in [5.41, 5.74) is 20.4. The molecule has 0 aromatic heterocycles. The highest BCUT2D eigenvalue weighted by Gasteiger charge is 2.53. The zero-order valence-electron chi connectivity index (χ0n) is 33.3. The first-order valence-corrected chi connectivity index (χ1v) is 20.7. The van der Waals surface area contributed by atoms with Gasteiger partial charge in [0.2, 0.25) is 0 Å². The minimum Gasteiger partial charge on any atom is -0.309 e. The van der Waals surface area contributed by atoms with Gasteiger partial charge < -0.3 is 4.90 Å². The summed E-state index contributed by atoms with van der Waals surface area (Å²) in [7, 11) is 0. The van der Waals surface area contributed by atoms with Crippen LogP contribution in [0.1, 0.15) is 47.2 Å². The van der Waals surface area contributed by atoms with Gasteiger partial charge >= 0.3 is 0 Å². The normalized spacial score (nSPS) is 13.9. The number of hydrogen-bond donors (Lipinski definition) is 0. The summed E-state index contributed by atoms with van der Waals surface area (Å²) in [6.45, 7) is 4.78. The first kappa shape index (κ1) is 35.0. The van der Waals surface area contributed by atoms with Crippen LogP contribution >= 0.6 is 0 Å². The van der Waals surface area contributed by atoms with E-state index in [0.29, 0.717) is 0 Å². The van der Waals surface area contributed by atoms with Crippen molar-refractivity contribution in [1.82, 2.24) is 0 Å². The standard InChI is InChI=1S/C58H43N/c1-57(2)49-30-15-17-32-51(49)58(52-33-18-16-31-50(52)57)48-29-14-12-28-47(48)56-53(58)34-20-36-55(56)59(54-35-19-13-27-46(54)42-25-10-5-11-26-42)45-38-43(40-21-6-3-7-22-40)37-44(39-45)41-23-8-4-9-24-41/h3-39H,1-2H3. The fourth-order valence-electron chi connectivity index (χ4n) is 10.3. The van der Waals surface area contributed by atoms with Gasteiger partial charge in [-0.3, -0.25) is 0 Å². The Kier molecular flexibility index (Phi) is 8.13. The van der Waals surface area contributed by atoms with Crippen molar-refractivity contribution in [3.63, 3.8) is 0 Å². The maximum Gasteiger partial charge on any atom is 0.0720 e. The van der Waals surface area contributed by atoms with Gasteiger partial charge in [0.05, 0.1) is 16.8 Å². The van der Waals surface area contributed by atoms with Crippen LogP contribution in [0.2, 0.25) is 0 Å². The fraction of sp³-hybridized carbons (Fsp3) is 0.0690.